The Bertz CT molecular complexity index is 926. The summed E-state index contributed by atoms with van der Waals surface area (Å²) in [5, 5.41) is 5.48. The molecule has 7 heteroatoms. The van der Waals surface area contributed by atoms with Gasteiger partial charge in [0.1, 0.15) is 11.5 Å². The second-order valence-electron chi connectivity index (χ2n) is 5.79. The van der Waals surface area contributed by atoms with Gasteiger partial charge in [0.25, 0.3) is 11.8 Å². The molecule has 0 saturated heterocycles. The Morgan fingerprint density at radius 3 is 2.25 bits per heavy atom. The van der Waals surface area contributed by atoms with E-state index in [9.17, 15) is 9.59 Å². The molecule has 2 aromatic carbocycles. The third-order valence-electron chi connectivity index (χ3n) is 3.78. The number of carbonyl (C=O) groups excluding carboxylic acids is 2. The van der Waals surface area contributed by atoms with Gasteiger partial charge in [-0.3, -0.25) is 14.6 Å². The molecule has 0 spiro atoms. The zero-order chi connectivity index (χ0) is 19.8. The lowest BCUT2D eigenvalue weighted by molar-refractivity contribution is -0.118. The SMILES string of the molecule is COc1ccc(NC(=O)COc2ccc(C(=O)Nc3cccnc3)cc2)cc1. The zero-order valence-corrected chi connectivity index (χ0v) is 15.2. The summed E-state index contributed by atoms with van der Waals surface area (Å²) in [5.74, 6) is 0.657. The van der Waals surface area contributed by atoms with Crippen LogP contribution in [0.3, 0.4) is 0 Å². The fourth-order valence-corrected chi connectivity index (χ4v) is 2.36. The normalized spacial score (nSPS) is 10.0. The summed E-state index contributed by atoms with van der Waals surface area (Å²) in [6, 6.07) is 17.0. The molecule has 142 valence electrons. The van der Waals surface area contributed by atoms with Crippen LogP contribution in [-0.2, 0) is 4.79 Å². The molecule has 3 rings (SSSR count). The van der Waals surface area contributed by atoms with Crippen LogP contribution in [0.5, 0.6) is 11.5 Å². The molecule has 0 atom stereocenters. The van der Waals surface area contributed by atoms with Crippen molar-refractivity contribution in [2.45, 2.75) is 0 Å². The monoisotopic (exact) mass is 377 g/mol. The van der Waals surface area contributed by atoms with Crippen molar-refractivity contribution in [3.63, 3.8) is 0 Å². The molecular formula is C21H19N3O4. The van der Waals surface area contributed by atoms with Crippen molar-refractivity contribution in [2.75, 3.05) is 24.4 Å². The highest BCUT2D eigenvalue weighted by Crippen LogP contribution is 2.16. The first-order chi connectivity index (χ1) is 13.6. The molecule has 0 fully saturated rings. The van der Waals surface area contributed by atoms with Gasteiger partial charge in [-0.2, -0.15) is 0 Å². The standard InChI is InChI=1S/C21H19N3O4/c1-27-18-10-6-16(7-11-18)23-20(25)14-28-19-8-4-15(5-9-19)21(26)24-17-3-2-12-22-13-17/h2-13H,14H2,1H3,(H,23,25)(H,24,26). The summed E-state index contributed by atoms with van der Waals surface area (Å²) in [6.45, 7) is -0.146. The van der Waals surface area contributed by atoms with Gasteiger partial charge < -0.3 is 20.1 Å². The summed E-state index contributed by atoms with van der Waals surface area (Å²) in [5.41, 5.74) is 1.73. The number of methoxy groups -OCH3 is 1. The average Bonchev–Trinajstić information content (AvgIpc) is 2.74. The Hall–Kier alpha value is -3.87. The quantitative estimate of drug-likeness (QED) is 0.659. The molecule has 3 aromatic rings. The van der Waals surface area contributed by atoms with E-state index >= 15 is 0 Å². The van der Waals surface area contributed by atoms with E-state index in [4.69, 9.17) is 9.47 Å². The van der Waals surface area contributed by atoms with Crippen molar-refractivity contribution in [2.24, 2.45) is 0 Å². The van der Waals surface area contributed by atoms with E-state index in [-0.39, 0.29) is 18.4 Å². The number of benzene rings is 2. The van der Waals surface area contributed by atoms with Crippen LogP contribution in [-0.4, -0.2) is 30.5 Å². The number of anilines is 2. The van der Waals surface area contributed by atoms with Crippen LogP contribution >= 0.6 is 0 Å². The summed E-state index contributed by atoms with van der Waals surface area (Å²) in [6.07, 6.45) is 3.20. The van der Waals surface area contributed by atoms with Crippen LogP contribution in [0.2, 0.25) is 0 Å². The summed E-state index contributed by atoms with van der Waals surface area (Å²) >= 11 is 0. The Labute approximate surface area is 162 Å². The molecule has 7 nitrogen and oxygen atoms in total. The lowest BCUT2D eigenvalue weighted by atomic mass is 10.2. The van der Waals surface area contributed by atoms with Gasteiger partial charge in [-0.15, -0.1) is 0 Å². The van der Waals surface area contributed by atoms with E-state index in [1.807, 2.05) is 0 Å². The topological polar surface area (TPSA) is 89.5 Å². The fourth-order valence-electron chi connectivity index (χ4n) is 2.36. The van der Waals surface area contributed by atoms with Crippen LogP contribution in [0.1, 0.15) is 10.4 Å². The van der Waals surface area contributed by atoms with Gasteiger partial charge >= 0.3 is 0 Å². The number of carbonyl (C=O) groups is 2. The minimum absolute atomic E-state index is 0.146. The number of ether oxygens (including phenoxy) is 2. The van der Waals surface area contributed by atoms with Crippen molar-refractivity contribution >= 4 is 23.2 Å². The van der Waals surface area contributed by atoms with Gasteiger partial charge in [0.15, 0.2) is 6.61 Å². The molecule has 0 unspecified atom stereocenters. The predicted octanol–water partition coefficient (Wildman–Crippen LogP) is 3.36. The second kappa shape index (κ2) is 9.18. The van der Waals surface area contributed by atoms with Gasteiger partial charge in [-0.1, -0.05) is 0 Å². The van der Waals surface area contributed by atoms with E-state index in [0.717, 1.165) is 0 Å². The van der Waals surface area contributed by atoms with Crippen molar-refractivity contribution in [3.8, 4) is 11.5 Å². The molecule has 2 N–H and O–H groups in total. The molecule has 0 aliphatic heterocycles. The van der Waals surface area contributed by atoms with Crippen molar-refractivity contribution < 1.29 is 19.1 Å². The Kier molecular flexibility index (Phi) is 6.20. The first-order valence-corrected chi connectivity index (χ1v) is 8.52. The third-order valence-corrected chi connectivity index (χ3v) is 3.78. The highest BCUT2D eigenvalue weighted by molar-refractivity contribution is 6.04. The van der Waals surface area contributed by atoms with Crippen molar-refractivity contribution in [1.82, 2.24) is 4.98 Å². The highest BCUT2D eigenvalue weighted by Gasteiger charge is 2.08. The van der Waals surface area contributed by atoms with Gasteiger partial charge in [-0.05, 0) is 60.7 Å². The van der Waals surface area contributed by atoms with E-state index in [1.165, 1.54) is 0 Å². The number of nitrogens with zero attached hydrogens (tertiary/aromatic N) is 1. The molecule has 1 aromatic heterocycles. The van der Waals surface area contributed by atoms with Crippen LogP contribution < -0.4 is 20.1 Å². The summed E-state index contributed by atoms with van der Waals surface area (Å²) in [4.78, 5) is 28.1. The number of hydrogen-bond donors (Lipinski definition) is 2. The molecular weight excluding hydrogens is 358 g/mol. The molecule has 28 heavy (non-hydrogen) atoms. The zero-order valence-electron chi connectivity index (χ0n) is 15.2. The Morgan fingerprint density at radius 2 is 1.61 bits per heavy atom. The number of pyridine rings is 1. The first-order valence-electron chi connectivity index (χ1n) is 8.52. The minimum Gasteiger partial charge on any atom is -0.497 e. The molecule has 1 heterocycles. The Morgan fingerprint density at radius 1 is 0.893 bits per heavy atom. The second-order valence-corrected chi connectivity index (χ2v) is 5.79. The first kappa shape index (κ1) is 18.9. The van der Waals surface area contributed by atoms with Gasteiger partial charge in [-0.25, -0.2) is 0 Å². The average molecular weight is 377 g/mol. The predicted molar refractivity (Wildman–Crippen MR) is 106 cm³/mol. The van der Waals surface area contributed by atoms with Gasteiger partial charge in [0, 0.05) is 17.4 Å². The number of aromatic nitrogens is 1. The minimum atomic E-state index is -0.288. The molecule has 0 bridgehead atoms. The molecule has 0 saturated carbocycles. The maximum atomic E-state index is 12.2. The number of amides is 2. The van der Waals surface area contributed by atoms with E-state index in [1.54, 1.807) is 80.2 Å². The highest BCUT2D eigenvalue weighted by atomic mass is 16.5. The van der Waals surface area contributed by atoms with E-state index in [2.05, 4.69) is 15.6 Å². The molecule has 0 aliphatic rings. The molecule has 2 amide bonds. The van der Waals surface area contributed by atoms with Crippen LogP contribution in [0.4, 0.5) is 11.4 Å². The number of nitrogens with one attached hydrogen (secondary N) is 2. The number of rotatable bonds is 7. The van der Waals surface area contributed by atoms with Crippen LogP contribution in [0.25, 0.3) is 0 Å². The van der Waals surface area contributed by atoms with E-state index in [0.29, 0.717) is 28.4 Å². The molecule has 0 aliphatic carbocycles. The van der Waals surface area contributed by atoms with Gasteiger partial charge in [0.05, 0.1) is 19.0 Å². The number of hydrogen-bond acceptors (Lipinski definition) is 5. The maximum Gasteiger partial charge on any atom is 0.262 e. The lowest BCUT2D eigenvalue weighted by Crippen LogP contribution is -2.20. The lowest BCUT2D eigenvalue weighted by Gasteiger charge is -2.09. The van der Waals surface area contributed by atoms with Crippen molar-refractivity contribution in [1.29, 1.82) is 0 Å². The third kappa shape index (κ3) is 5.31. The maximum absolute atomic E-state index is 12.2. The van der Waals surface area contributed by atoms with Gasteiger partial charge in [0.2, 0.25) is 0 Å². The smallest absolute Gasteiger partial charge is 0.262 e. The van der Waals surface area contributed by atoms with Crippen LogP contribution in [0, 0.1) is 0 Å². The molecule has 0 radical (unpaired) electrons. The fraction of sp³-hybridized carbons (Fsp3) is 0.0952. The largest absolute Gasteiger partial charge is 0.497 e. The summed E-state index contributed by atoms with van der Waals surface area (Å²) < 4.78 is 10.5. The van der Waals surface area contributed by atoms with Crippen LogP contribution in [0.15, 0.2) is 73.1 Å². The van der Waals surface area contributed by atoms with Crippen molar-refractivity contribution in [3.05, 3.63) is 78.6 Å². The van der Waals surface area contributed by atoms with E-state index < -0.39 is 0 Å². The summed E-state index contributed by atoms with van der Waals surface area (Å²) in [7, 11) is 1.58. The Balaban J connectivity index is 1.49.